The summed E-state index contributed by atoms with van der Waals surface area (Å²) in [5.74, 6) is 1.57. The fraction of sp³-hybridized carbons (Fsp3) is 0.360. The summed E-state index contributed by atoms with van der Waals surface area (Å²) >= 11 is 0. The number of nitrogens with one attached hydrogen (secondary N) is 1. The number of fused-ring (bicyclic) bond motifs is 3. The highest BCUT2D eigenvalue weighted by Gasteiger charge is 2.30. The molecule has 0 fully saturated rings. The molecule has 1 amide bonds. The van der Waals surface area contributed by atoms with Gasteiger partial charge in [0.1, 0.15) is 0 Å². The lowest BCUT2D eigenvalue weighted by Crippen LogP contribution is -2.26. The van der Waals surface area contributed by atoms with Crippen LogP contribution in [-0.4, -0.2) is 34.3 Å². The van der Waals surface area contributed by atoms with E-state index in [4.69, 9.17) is 18.9 Å². The van der Waals surface area contributed by atoms with Crippen molar-refractivity contribution in [3.63, 3.8) is 0 Å². The first-order valence-electron chi connectivity index (χ1n) is 10.3. The van der Waals surface area contributed by atoms with Gasteiger partial charge in [0.2, 0.25) is 17.1 Å². The van der Waals surface area contributed by atoms with Crippen LogP contribution in [0.1, 0.15) is 36.1 Å². The maximum Gasteiger partial charge on any atom is 0.223 e. The van der Waals surface area contributed by atoms with Crippen LogP contribution in [0.2, 0.25) is 0 Å². The maximum atomic E-state index is 13.1. The molecule has 0 aliphatic heterocycles. The number of hydrogen-bond donors (Lipinski definition) is 1. The predicted molar refractivity (Wildman–Crippen MR) is 123 cm³/mol. The van der Waals surface area contributed by atoms with Crippen molar-refractivity contribution < 1.29 is 23.7 Å². The van der Waals surface area contributed by atoms with Crippen LogP contribution in [0.4, 0.5) is 0 Å². The molecule has 0 heterocycles. The van der Waals surface area contributed by atoms with Crippen LogP contribution < -0.4 is 29.7 Å². The van der Waals surface area contributed by atoms with Gasteiger partial charge in [0.05, 0.1) is 34.5 Å². The maximum absolute atomic E-state index is 13.1. The number of amides is 1. The lowest BCUT2D eigenvalue weighted by molar-refractivity contribution is -0.119. The third kappa shape index (κ3) is 4.15. The minimum Gasteiger partial charge on any atom is -0.493 e. The van der Waals surface area contributed by atoms with E-state index in [0.717, 1.165) is 22.3 Å². The SMILES string of the molecule is C=CCc1cc2c(cc(OC)c1=O)[C@@H](NC(C)=O)CCc1cc(OC)c(OC)c(OC)c1-2. The van der Waals surface area contributed by atoms with Crippen LogP contribution in [0.15, 0.2) is 35.6 Å². The van der Waals surface area contributed by atoms with E-state index < -0.39 is 0 Å². The number of benzene rings is 1. The molecular weight excluding hydrogens is 410 g/mol. The summed E-state index contributed by atoms with van der Waals surface area (Å²) in [6.45, 7) is 5.27. The number of hydrogen-bond acceptors (Lipinski definition) is 6. The molecule has 2 aromatic rings. The molecule has 7 heteroatoms. The number of ether oxygens (including phenoxy) is 4. The number of methoxy groups -OCH3 is 4. The molecule has 0 saturated carbocycles. The molecule has 0 spiro atoms. The van der Waals surface area contributed by atoms with Crippen molar-refractivity contribution in [2.45, 2.75) is 32.2 Å². The Balaban J connectivity index is 2.51. The van der Waals surface area contributed by atoms with Crippen molar-refractivity contribution in [3.05, 3.63) is 57.8 Å². The van der Waals surface area contributed by atoms with E-state index in [2.05, 4.69) is 11.9 Å². The van der Waals surface area contributed by atoms with E-state index >= 15 is 0 Å². The van der Waals surface area contributed by atoms with Gasteiger partial charge in [-0.2, -0.15) is 0 Å². The van der Waals surface area contributed by atoms with E-state index in [1.165, 1.54) is 14.0 Å². The second-order valence-electron chi connectivity index (χ2n) is 7.54. The van der Waals surface area contributed by atoms with E-state index in [1.54, 1.807) is 33.5 Å². The van der Waals surface area contributed by atoms with Crippen molar-refractivity contribution in [2.75, 3.05) is 28.4 Å². The van der Waals surface area contributed by atoms with Crippen molar-refractivity contribution in [1.82, 2.24) is 5.32 Å². The van der Waals surface area contributed by atoms with Crippen LogP contribution in [0.5, 0.6) is 23.0 Å². The largest absolute Gasteiger partial charge is 0.493 e. The minimum absolute atomic E-state index is 0.159. The number of carbonyl (C=O) groups excluding carboxylic acids is 1. The van der Waals surface area contributed by atoms with E-state index in [9.17, 15) is 9.59 Å². The van der Waals surface area contributed by atoms with Gasteiger partial charge in [-0.3, -0.25) is 9.59 Å². The molecule has 0 unspecified atom stereocenters. The van der Waals surface area contributed by atoms with Gasteiger partial charge < -0.3 is 24.3 Å². The Morgan fingerprint density at radius 3 is 2.31 bits per heavy atom. The molecule has 170 valence electrons. The van der Waals surface area contributed by atoms with E-state index in [-0.39, 0.29) is 23.1 Å². The topological polar surface area (TPSA) is 83.1 Å². The fourth-order valence-electron chi connectivity index (χ4n) is 4.28. The highest BCUT2D eigenvalue weighted by Crippen LogP contribution is 2.50. The molecule has 1 aliphatic rings. The van der Waals surface area contributed by atoms with Crippen LogP contribution in [0.25, 0.3) is 11.1 Å². The first kappa shape index (κ1) is 23.2. The smallest absolute Gasteiger partial charge is 0.223 e. The molecule has 1 N–H and O–H groups in total. The van der Waals surface area contributed by atoms with Gasteiger partial charge in [-0.05, 0) is 54.2 Å². The van der Waals surface area contributed by atoms with Crippen molar-refractivity contribution in [2.24, 2.45) is 0 Å². The summed E-state index contributed by atoms with van der Waals surface area (Å²) in [6.07, 6.45) is 3.32. The molecule has 0 aromatic heterocycles. The standard InChI is InChI=1S/C25H29NO6/c1-7-8-16-11-18-17(13-20(29-3)23(16)28)19(26-14(2)27)10-9-15-12-21(30-4)24(31-5)25(32-6)22(15)18/h7,11-13,19H,1,8-10H2,2-6H3,(H,26,27)/t19-/m0/s1. The normalized spacial score (nSPS) is 14.3. The second kappa shape index (κ2) is 9.77. The summed E-state index contributed by atoms with van der Waals surface area (Å²) in [5.41, 5.74) is 3.62. The third-order valence-corrected chi connectivity index (χ3v) is 5.65. The average molecular weight is 440 g/mol. The van der Waals surface area contributed by atoms with Crippen LogP contribution in [0, 0.1) is 0 Å². The van der Waals surface area contributed by atoms with Crippen molar-refractivity contribution in [3.8, 4) is 34.1 Å². The highest BCUT2D eigenvalue weighted by molar-refractivity contribution is 5.84. The summed E-state index contributed by atoms with van der Waals surface area (Å²) in [5, 5.41) is 3.02. The zero-order valence-corrected chi connectivity index (χ0v) is 19.2. The van der Waals surface area contributed by atoms with Crippen LogP contribution in [-0.2, 0) is 17.6 Å². The zero-order chi connectivity index (χ0) is 23.4. The Labute approximate surface area is 188 Å². The molecule has 7 nitrogen and oxygen atoms in total. The minimum atomic E-state index is -0.325. The number of aryl methyl sites for hydroxylation is 1. The van der Waals surface area contributed by atoms with Gasteiger partial charge in [0.25, 0.3) is 0 Å². The molecule has 2 aromatic carbocycles. The number of carbonyl (C=O) groups is 1. The monoisotopic (exact) mass is 439 g/mol. The molecule has 1 atom stereocenters. The second-order valence-corrected chi connectivity index (χ2v) is 7.54. The molecule has 0 bridgehead atoms. The molecule has 32 heavy (non-hydrogen) atoms. The Hall–Kier alpha value is -3.48. The quantitative estimate of drug-likeness (QED) is 0.664. The summed E-state index contributed by atoms with van der Waals surface area (Å²) in [6, 6.07) is 5.16. The van der Waals surface area contributed by atoms with Gasteiger partial charge in [-0.1, -0.05) is 6.08 Å². The first-order valence-corrected chi connectivity index (χ1v) is 10.3. The highest BCUT2D eigenvalue weighted by atomic mass is 16.5. The molecule has 0 saturated heterocycles. The lowest BCUT2D eigenvalue weighted by Gasteiger charge is -2.20. The van der Waals surface area contributed by atoms with E-state index in [1.807, 2.05) is 12.1 Å². The first-order chi connectivity index (χ1) is 15.4. The lowest BCUT2D eigenvalue weighted by atomic mass is 9.94. The number of allylic oxidation sites excluding steroid dienone is 1. The van der Waals surface area contributed by atoms with Gasteiger partial charge in [0.15, 0.2) is 17.2 Å². The zero-order valence-electron chi connectivity index (χ0n) is 19.2. The van der Waals surface area contributed by atoms with Crippen LogP contribution >= 0.6 is 0 Å². The fourth-order valence-corrected chi connectivity index (χ4v) is 4.28. The van der Waals surface area contributed by atoms with Crippen molar-refractivity contribution >= 4 is 5.91 Å². The Morgan fingerprint density at radius 1 is 1.06 bits per heavy atom. The predicted octanol–water partition coefficient (Wildman–Crippen LogP) is 3.60. The summed E-state index contributed by atoms with van der Waals surface area (Å²) in [4.78, 5) is 25.1. The molecule has 1 aliphatic carbocycles. The third-order valence-electron chi connectivity index (χ3n) is 5.65. The van der Waals surface area contributed by atoms with Crippen LogP contribution in [0.3, 0.4) is 0 Å². The van der Waals surface area contributed by atoms with Crippen molar-refractivity contribution in [1.29, 1.82) is 0 Å². The Morgan fingerprint density at radius 2 is 1.75 bits per heavy atom. The summed E-state index contributed by atoms with van der Waals surface area (Å²) < 4.78 is 22.4. The van der Waals surface area contributed by atoms with Gasteiger partial charge in [-0.15, -0.1) is 6.58 Å². The Bertz CT molecular complexity index is 1110. The van der Waals surface area contributed by atoms with Gasteiger partial charge >= 0.3 is 0 Å². The number of rotatable bonds is 7. The van der Waals surface area contributed by atoms with E-state index in [0.29, 0.717) is 42.1 Å². The van der Waals surface area contributed by atoms with Gasteiger partial charge in [0, 0.05) is 18.1 Å². The van der Waals surface area contributed by atoms with Gasteiger partial charge in [-0.25, -0.2) is 0 Å². The molecular formula is C25H29NO6. The molecule has 0 radical (unpaired) electrons. The Kier molecular flexibility index (Phi) is 7.08. The average Bonchev–Trinajstić information content (AvgIpc) is 3.00. The molecule has 3 rings (SSSR count). The summed E-state index contributed by atoms with van der Waals surface area (Å²) in [7, 11) is 6.16.